The summed E-state index contributed by atoms with van der Waals surface area (Å²) >= 11 is 0. The summed E-state index contributed by atoms with van der Waals surface area (Å²) in [6.45, 7) is 5.84. The Morgan fingerprint density at radius 3 is 2.95 bits per heavy atom. The van der Waals surface area contributed by atoms with Crippen LogP contribution in [0.4, 0.5) is 0 Å². The molecule has 1 aliphatic rings. The van der Waals surface area contributed by atoms with E-state index in [0.29, 0.717) is 5.56 Å². The summed E-state index contributed by atoms with van der Waals surface area (Å²) in [4.78, 5) is 14.6. The molecule has 21 heavy (non-hydrogen) atoms. The van der Waals surface area contributed by atoms with Crippen molar-refractivity contribution in [2.75, 3.05) is 19.6 Å². The van der Waals surface area contributed by atoms with Crippen molar-refractivity contribution in [1.29, 1.82) is 0 Å². The average Bonchev–Trinajstić information content (AvgIpc) is 2.92. The second kappa shape index (κ2) is 6.58. The fourth-order valence-corrected chi connectivity index (χ4v) is 2.84. The zero-order chi connectivity index (χ0) is 15.5. The van der Waals surface area contributed by atoms with Crippen LogP contribution in [0.1, 0.15) is 38.7 Å². The number of piperidine rings is 1. The molecular formula is C15H26N4O2. The number of carbonyl (C=O) groups excluding carboxylic acids is 1. The summed E-state index contributed by atoms with van der Waals surface area (Å²) in [5.74, 6) is 0.0146. The molecule has 0 aliphatic carbocycles. The van der Waals surface area contributed by atoms with Crippen LogP contribution in [-0.4, -0.2) is 51.4 Å². The summed E-state index contributed by atoms with van der Waals surface area (Å²) in [5.41, 5.74) is -0.392. The normalized spacial score (nSPS) is 22.8. The van der Waals surface area contributed by atoms with E-state index in [9.17, 15) is 9.90 Å². The molecule has 1 amide bonds. The lowest BCUT2D eigenvalue weighted by molar-refractivity contribution is -0.128. The monoisotopic (exact) mass is 294 g/mol. The maximum absolute atomic E-state index is 12.4. The van der Waals surface area contributed by atoms with Gasteiger partial charge >= 0.3 is 0 Å². The number of amides is 1. The molecule has 2 N–H and O–H groups in total. The molecule has 2 unspecified atom stereocenters. The third-order valence-electron chi connectivity index (χ3n) is 4.26. The average molecular weight is 294 g/mol. The Hall–Kier alpha value is -1.40. The highest BCUT2D eigenvalue weighted by Crippen LogP contribution is 2.20. The van der Waals surface area contributed by atoms with Crippen LogP contribution in [0.2, 0.25) is 0 Å². The first kappa shape index (κ1) is 16.0. The second-order valence-corrected chi connectivity index (χ2v) is 6.03. The van der Waals surface area contributed by atoms with Crippen molar-refractivity contribution in [3.63, 3.8) is 0 Å². The standard InChI is InChI=1S/C15H26N4O2/c1-4-19-8-6-5-7-13(19)14(20)16-11-15(2,21)12-9-17-18(3)10-12/h9-10,13,21H,4-8,11H2,1-3H3,(H,16,20). The van der Waals surface area contributed by atoms with E-state index in [1.807, 2.05) is 0 Å². The first-order chi connectivity index (χ1) is 9.94. The van der Waals surface area contributed by atoms with Crippen molar-refractivity contribution in [2.24, 2.45) is 7.05 Å². The van der Waals surface area contributed by atoms with Crippen molar-refractivity contribution >= 4 is 5.91 Å². The van der Waals surface area contributed by atoms with E-state index in [4.69, 9.17) is 0 Å². The summed E-state index contributed by atoms with van der Waals surface area (Å²) in [6, 6.07) is -0.0616. The maximum Gasteiger partial charge on any atom is 0.237 e. The Bertz CT molecular complexity index is 484. The second-order valence-electron chi connectivity index (χ2n) is 6.03. The largest absolute Gasteiger partial charge is 0.383 e. The van der Waals surface area contributed by atoms with Gasteiger partial charge in [0, 0.05) is 18.8 Å². The number of hydrogen-bond donors (Lipinski definition) is 2. The van der Waals surface area contributed by atoms with Gasteiger partial charge in [0.15, 0.2) is 0 Å². The first-order valence-corrected chi connectivity index (χ1v) is 7.67. The highest BCUT2D eigenvalue weighted by Gasteiger charge is 2.30. The van der Waals surface area contributed by atoms with E-state index in [1.165, 1.54) is 0 Å². The SMILES string of the molecule is CCN1CCCCC1C(=O)NCC(C)(O)c1cnn(C)c1. The van der Waals surface area contributed by atoms with E-state index in [2.05, 4.69) is 22.2 Å². The van der Waals surface area contributed by atoms with Crippen LogP contribution in [0.3, 0.4) is 0 Å². The van der Waals surface area contributed by atoms with Gasteiger partial charge in [0.05, 0.1) is 18.8 Å². The molecule has 2 atom stereocenters. The summed E-state index contributed by atoms with van der Waals surface area (Å²) in [7, 11) is 1.80. The molecule has 1 aliphatic heterocycles. The number of nitrogens with zero attached hydrogens (tertiary/aromatic N) is 3. The molecule has 1 aromatic rings. The van der Waals surface area contributed by atoms with Crippen LogP contribution >= 0.6 is 0 Å². The van der Waals surface area contributed by atoms with Crippen molar-refractivity contribution < 1.29 is 9.90 Å². The molecule has 2 heterocycles. The zero-order valence-corrected chi connectivity index (χ0v) is 13.2. The molecule has 1 saturated heterocycles. The minimum absolute atomic E-state index is 0.0146. The van der Waals surface area contributed by atoms with Gasteiger partial charge in [0.1, 0.15) is 5.60 Å². The third kappa shape index (κ3) is 3.83. The molecule has 0 radical (unpaired) electrons. The van der Waals surface area contributed by atoms with E-state index >= 15 is 0 Å². The van der Waals surface area contributed by atoms with E-state index in [1.54, 1.807) is 31.0 Å². The van der Waals surface area contributed by atoms with Crippen LogP contribution in [0.25, 0.3) is 0 Å². The van der Waals surface area contributed by atoms with Gasteiger partial charge in [-0.25, -0.2) is 0 Å². The van der Waals surface area contributed by atoms with Gasteiger partial charge in [0.25, 0.3) is 0 Å². The number of likely N-dealkylation sites (tertiary alicyclic amines) is 1. The molecule has 2 rings (SSSR count). The van der Waals surface area contributed by atoms with Crippen molar-refractivity contribution in [1.82, 2.24) is 20.0 Å². The Balaban J connectivity index is 1.93. The number of carbonyl (C=O) groups is 1. The lowest BCUT2D eigenvalue weighted by atomic mass is 9.98. The quantitative estimate of drug-likeness (QED) is 0.835. The third-order valence-corrected chi connectivity index (χ3v) is 4.26. The molecule has 0 bridgehead atoms. The van der Waals surface area contributed by atoms with Gasteiger partial charge in [-0.2, -0.15) is 5.10 Å². The maximum atomic E-state index is 12.4. The smallest absolute Gasteiger partial charge is 0.237 e. The number of hydrogen-bond acceptors (Lipinski definition) is 4. The molecule has 0 spiro atoms. The molecule has 1 aromatic heterocycles. The zero-order valence-electron chi connectivity index (χ0n) is 13.2. The van der Waals surface area contributed by atoms with Crippen molar-refractivity contribution in [3.8, 4) is 0 Å². The molecule has 6 nitrogen and oxygen atoms in total. The van der Waals surface area contributed by atoms with Crippen molar-refractivity contribution in [2.45, 2.75) is 44.8 Å². The van der Waals surface area contributed by atoms with E-state index in [-0.39, 0.29) is 18.5 Å². The Kier molecular flexibility index (Phi) is 5.00. The topological polar surface area (TPSA) is 70.4 Å². The molecular weight excluding hydrogens is 268 g/mol. The van der Waals surface area contributed by atoms with Crippen LogP contribution < -0.4 is 5.32 Å². The predicted molar refractivity (Wildman–Crippen MR) is 80.7 cm³/mol. The van der Waals surface area contributed by atoms with Crippen LogP contribution in [0, 0.1) is 0 Å². The lowest BCUT2D eigenvalue weighted by Crippen LogP contribution is -2.51. The molecule has 0 saturated carbocycles. The van der Waals surface area contributed by atoms with Crippen LogP contribution in [-0.2, 0) is 17.4 Å². The number of likely N-dealkylation sites (N-methyl/N-ethyl adjacent to an activating group) is 1. The van der Waals surface area contributed by atoms with Gasteiger partial charge in [-0.3, -0.25) is 14.4 Å². The van der Waals surface area contributed by atoms with E-state index < -0.39 is 5.60 Å². The first-order valence-electron chi connectivity index (χ1n) is 7.67. The van der Waals surface area contributed by atoms with E-state index in [0.717, 1.165) is 32.4 Å². The Morgan fingerprint density at radius 2 is 2.33 bits per heavy atom. The summed E-state index contributed by atoms with van der Waals surface area (Å²) < 4.78 is 1.64. The Morgan fingerprint density at radius 1 is 1.57 bits per heavy atom. The van der Waals surface area contributed by atoms with Crippen molar-refractivity contribution in [3.05, 3.63) is 18.0 Å². The minimum Gasteiger partial charge on any atom is -0.383 e. The molecule has 118 valence electrons. The number of rotatable bonds is 5. The fourth-order valence-electron chi connectivity index (χ4n) is 2.84. The summed E-state index contributed by atoms with van der Waals surface area (Å²) in [5, 5.41) is 17.4. The van der Waals surface area contributed by atoms with Gasteiger partial charge in [-0.15, -0.1) is 0 Å². The highest BCUT2D eigenvalue weighted by atomic mass is 16.3. The van der Waals surface area contributed by atoms with Gasteiger partial charge in [-0.1, -0.05) is 13.3 Å². The van der Waals surface area contributed by atoms with Gasteiger partial charge < -0.3 is 10.4 Å². The molecule has 1 fully saturated rings. The van der Waals surface area contributed by atoms with Crippen LogP contribution in [0.5, 0.6) is 0 Å². The van der Waals surface area contributed by atoms with Gasteiger partial charge in [-0.05, 0) is 32.9 Å². The molecule has 6 heteroatoms. The number of aryl methyl sites for hydroxylation is 1. The summed E-state index contributed by atoms with van der Waals surface area (Å²) in [6.07, 6.45) is 6.55. The number of aliphatic hydroxyl groups is 1. The lowest BCUT2D eigenvalue weighted by Gasteiger charge is -2.34. The molecule has 0 aromatic carbocycles. The highest BCUT2D eigenvalue weighted by molar-refractivity contribution is 5.81. The Labute approximate surface area is 126 Å². The predicted octanol–water partition coefficient (Wildman–Crippen LogP) is 0.618. The fraction of sp³-hybridized carbons (Fsp3) is 0.733. The van der Waals surface area contributed by atoms with Crippen LogP contribution in [0.15, 0.2) is 12.4 Å². The number of aromatic nitrogens is 2. The minimum atomic E-state index is -1.10. The number of nitrogens with one attached hydrogen (secondary N) is 1. The van der Waals surface area contributed by atoms with Gasteiger partial charge in [0.2, 0.25) is 5.91 Å².